The number of hydrogen-bond donors (Lipinski definition) is 0. The largest absolute Gasteiger partial charge is 0.496 e. The van der Waals surface area contributed by atoms with Crippen LogP contribution in [0.15, 0.2) is 12.1 Å². The molecule has 0 radical (unpaired) electrons. The fraction of sp³-hybridized carbons (Fsp3) is 0.333. The highest BCUT2D eigenvalue weighted by Gasteiger charge is 2.18. The molecule has 4 nitrogen and oxygen atoms in total. The van der Waals surface area contributed by atoms with Crippen molar-refractivity contribution in [1.29, 1.82) is 0 Å². The number of benzene rings is 1. The third kappa shape index (κ3) is 2.14. The molecule has 2 aromatic rings. The molecule has 0 aliphatic rings. The van der Waals surface area contributed by atoms with Gasteiger partial charge in [0.05, 0.1) is 12.8 Å². The van der Waals surface area contributed by atoms with E-state index >= 15 is 0 Å². The molecule has 0 saturated carbocycles. The number of aldehydes is 1. The summed E-state index contributed by atoms with van der Waals surface area (Å²) in [5.74, 6) is 1.56. The van der Waals surface area contributed by atoms with E-state index in [-0.39, 0.29) is 0 Å². The number of carbonyl (C=O) groups is 1. The zero-order chi connectivity index (χ0) is 14.2. The zero-order valence-electron chi connectivity index (χ0n) is 11.9. The number of nitrogens with zero attached hydrogens (tertiary/aromatic N) is 2. The molecule has 1 heterocycles. The van der Waals surface area contributed by atoms with Crippen LogP contribution in [-0.2, 0) is 7.05 Å². The van der Waals surface area contributed by atoms with Crippen LogP contribution in [0.3, 0.4) is 0 Å². The van der Waals surface area contributed by atoms with E-state index in [4.69, 9.17) is 4.74 Å². The zero-order valence-corrected chi connectivity index (χ0v) is 11.9. The molecule has 0 unspecified atom stereocenters. The highest BCUT2D eigenvalue weighted by atomic mass is 16.5. The fourth-order valence-corrected chi connectivity index (χ4v) is 2.18. The average Bonchev–Trinajstić information content (AvgIpc) is 2.68. The minimum Gasteiger partial charge on any atom is -0.496 e. The standard InChI is InChI=1S/C15H18N2O2/c1-9-6-12(14(19-5)7-10(9)2)15-13(8-18)16-11(3)17(15)4/h6-8H,1-5H3. The lowest BCUT2D eigenvalue weighted by molar-refractivity contribution is 0.112. The van der Waals surface area contributed by atoms with Gasteiger partial charge in [0, 0.05) is 12.6 Å². The summed E-state index contributed by atoms with van der Waals surface area (Å²) in [6.45, 7) is 5.96. The van der Waals surface area contributed by atoms with Gasteiger partial charge in [-0.3, -0.25) is 4.79 Å². The summed E-state index contributed by atoms with van der Waals surface area (Å²) in [6, 6.07) is 4.03. The van der Waals surface area contributed by atoms with Crippen molar-refractivity contribution in [3.63, 3.8) is 0 Å². The summed E-state index contributed by atoms with van der Waals surface area (Å²) in [7, 11) is 3.54. The maximum atomic E-state index is 11.2. The Labute approximate surface area is 113 Å². The molecular formula is C15H18N2O2. The van der Waals surface area contributed by atoms with E-state index < -0.39 is 0 Å². The Morgan fingerprint density at radius 3 is 2.42 bits per heavy atom. The Morgan fingerprint density at radius 1 is 1.21 bits per heavy atom. The van der Waals surface area contributed by atoms with Crippen molar-refractivity contribution in [1.82, 2.24) is 9.55 Å². The highest BCUT2D eigenvalue weighted by Crippen LogP contribution is 2.34. The number of carbonyl (C=O) groups excluding carboxylic acids is 1. The first-order chi connectivity index (χ1) is 8.99. The molecule has 2 rings (SSSR count). The van der Waals surface area contributed by atoms with Gasteiger partial charge in [-0.15, -0.1) is 0 Å². The van der Waals surface area contributed by atoms with Gasteiger partial charge in [0.2, 0.25) is 0 Å². The van der Waals surface area contributed by atoms with E-state index in [1.165, 1.54) is 0 Å². The minimum absolute atomic E-state index is 0.446. The Kier molecular flexibility index (Phi) is 3.42. The molecule has 100 valence electrons. The van der Waals surface area contributed by atoms with Crippen molar-refractivity contribution in [3.8, 4) is 17.0 Å². The molecule has 0 fully saturated rings. The van der Waals surface area contributed by atoms with E-state index in [1.54, 1.807) is 7.11 Å². The maximum Gasteiger partial charge on any atom is 0.170 e. The van der Waals surface area contributed by atoms with Crippen molar-refractivity contribution in [2.45, 2.75) is 20.8 Å². The van der Waals surface area contributed by atoms with Crippen molar-refractivity contribution in [2.75, 3.05) is 7.11 Å². The molecule has 0 saturated heterocycles. The van der Waals surface area contributed by atoms with Crippen LogP contribution in [0.4, 0.5) is 0 Å². The number of hydrogen-bond acceptors (Lipinski definition) is 3. The van der Waals surface area contributed by atoms with Crippen LogP contribution in [0.5, 0.6) is 5.75 Å². The number of methoxy groups -OCH3 is 1. The van der Waals surface area contributed by atoms with E-state index in [0.29, 0.717) is 5.69 Å². The van der Waals surface area contributed by atoms with Crippen LogP contribution in [0, 0.1) is 20.8 Å². The van der Waals surface area contributed by atoms with Gasteiger partial charge in [0.25, 0.3) is 0 Å². The molecule has 0 spiro atoms. The van der Waals surface area contributed by atoms with Crippen molar-refractivity contribution in [3.05, 3.63) is 34.8 Å². The molecule has 1 aromatic heterocycles. The van der Waals surface area contributed by atoms with Crippen molar-refractivity contribution in [2.24, 2.45) is 7.05 Å². The van der Waals surface area contributed by atoms with Gasteiger partial charge in [0.1, 0.15) is 17.3 Å². The summed E-state index contributed by atoms with van der Waals surface area (Å²) < 4.78 is 7.36. The second kappa shape index (κ2) is 4.88. The first-order valence-electron chi connectivity index (χ1n) is 6.13. The molecule has 0 aliphatic carbocycles. The predicted octanol–water partition coefficient (Wildman–Crippen LogP) is 2.83. The quantitative estimate of drug-likeness (QED) is 0.795. The van der Waals surface area contributed by atoms with E-state index in [1.807, 2.05) is 44.5 Å². The second-order valence-electron chi connectivity index (χ2n) is 4.71. The van der Waals surface area contributed by atoms with Crippen LogP contribution < -0.4 is 4.74 Å². The Balaban J connectivity index is 2.78. The normalized spacial score (nSPS) is 10.6. The molecule has 0 atom stereocenters. The summed E-state index contributed by atoms with van der Waals surface area (Å²) in [5.41, 5.74) is 4.46. The smallest absolute Gasteiger partial charge is 0.170 e. The van der Waals surface area contributed by atoms with Crippen LogP contribution in [0.1, 0.15) is 27.4 Å². The third-order valence-corrected chi connectivity index (χ3v) is 3.53. The van der Waals surface area contributed by atoms with E-state index in [9.17, 15) is 4.79 Å². The van der Waals surface area contributed by atoms with Gasteiger partial charge in [-0.25, -0.2) is 4.98 Å². The number of imidazole rings is 1. The summed E-state index contributed by atoms with van der Waals surface area (Å²) >= 11 is 0. The summed E-state index contributed by atoms with van der Waals surface area (Å²) in [6.07, 6.45) is 0.789. The first kappa shape index (κ1) is 13.3. The first-order valence-corrected chi connectivity index (χ1v) is 6.13. The van der Waals surface area contributed by atoms with Crippen LogP contribution in [0.25, 0.3) is 11.3 Å². The lowest BCUT2D eigenvalue weighted by Gasteiger charge is -2.13. The number of rotatable bonds is 3. The Morgan fingerprint density at radius 2 is 1.84 bits per heavy atom. The van der Waals surface area contributed by atoms with Gasteiger partial charge in [-0.2, -0.15) is 0 Å². The molecular weight excluding hydrogens is 240 g/mol. The molecule has 19 heavy (non-hydrogen) atoms. The summed E-state index contributed by atoms with van der Waals surface area (Å²) in [4.78, 5) is 15.5. The van der Waals surface area contributed by atoms with Crippen molar-refractivity contribution < 1.29 is 9.53 Å². The van der Waals surface area contributed by atoms with Crippen LogP contribution >= 0.6 is 0 Å². The molecule has 0 amide bonds. The number of aryl methyl sites for hydroxylation is 3. The monoisotopic (exact) mass is 258 g/mol. The van der Waals surface area contributed by atoms with Gasteiger partial charge >= 0.3 is 0 Å². The van der Waals surface area contributed by atoms with Gasteiger partial charge in [0.15, 0.2) is 6.29 Å². The van der Waals surface area contributed by atoms with Crippen LogP contribution in [-0.4, -0.2) is 22.9 Å². The highest BCUT2D eigenvalue weighted by molar-refractivity contribution is 5.86. The van der Waals surface area contributed by atoms with Crippen molar-refractivity contribution >= 4 is 6.29 Å². The Hall–Kier alpha value is -2.10. The maximum absolute atomic E-state index is 11.2. The lowest BCUT2D eigenvalue weighted by Crippen LogP contribution is -1.99. The fourth-order valence-electron chi connectivity index (χ4n) is 2.18. The van der Waals surface area contributed by atoms with E-state index in [2.05, 4.69) is 4.98 Å². The van der Waals surface area contributed by atoms with Crippen LogP contribution in [0.2, 0.25) is 0 Å². The summed E-state index contributed by atoms with van der Waals surface area (Å²) in [5, 5.41) is 0. The molecule has 1 aromatic carbocycles. The number of ether oxygens (including phenoxy) is 1. The number of aromatic nitrogens is 2. The average molecular weight is 258 g/mol. The molecule has 0 bridgehead atoms. The molecule has 4 heteroatoms. The van der Waals surface area contributed by atoms with Gasteiger partial charge in [-0.1, -0.05) is 0 Å². The third-order valence-electron chi connectivity index (χ3n) is 3.53. The van der Waals surface area contributed by atoms with Gasteiger partial charge in [-0.05, 0) is 44.0 Å². The molecule has 0 aliphatic heterocycles. The minimum atomic E-state index is 0.446. The lowest BCUT2D eigenvalue weighted by atomic mass is 10.0. The predicted molar refractivity (Wildman–Crippen MR) is 74.8 cm³/mol. The SMILES string of the molecule is COc1cc(C)c(C)cc1-c1c(C=O)nc(C)n1C. The van der Waals surface area contributed by atoms with Gasteiger partial charge < -0.3 is 9.30 Å². The van der Waals surface area contributed by atoms with E-state index in [0.717, 1.165) is 40.2 Å². The second-order valence-corrected chi connectivity index (χ2v) is 4.71. The molecule has 0 N–H and O–H groups in total. The topological polar surface area (TPSA) is 44.1 Å². The Bertz CT molecular complexity index is 642.